The van der Waals surface area contributed by atoms with E-state index in [1.165, 1.54) is 19.3 Å². The third kappa shape index (κ3) is 6.98. The van der Waals surface area contributed by atoms with Crippen LogP contribution in [-0.4, -0.2) is 30.7 Å². The molecule has 0 spiro atoms. The Balaban J connectivity index is 2.47. The zero-order chi connectivity index (χ0) is 16.2. The minimum Gasteiger partial charge on any atom is -0.467 e. The Morgan fingerprint density at radius 2 is 2.14 bits per heavy atom. The summed E-state index contributed by atoms with van der Waals surface area (Å²) < 4.78 is 5.20. The number of hydrogen-bond donors (Lipinski definition) is 3. The topological polar surface area (TPSA) is 69.8 Å². The standard InChI is InChI=1S/C17H31N3O2/c1-4-7-9-14(5-2)12-19-17(18-6-3)20-13-15(21)16-10-8-11-22-16/h8,10-11,14-15,21H,4-7,9,12-13H2,1-3H3,(H2,18,19,20). The summed E-state index contributed by atoms with van der Waals surface area (Å²) in [6.07, 6.45) is 5.77. The molecule has 0 amide bonds. The molecule has 126 valence electrons. The normalized spacial score (nSPS) is 14.6. The van der Waals surface area contributed by atoms with Crippen LogP contribution in [0.2, 0.25) is 0 Å². The SMILES string of the molecule is CCCCC(CC)CN=C(NCC)NCC(O)c1ccco1. The first kappa shape index (κ1) is 18.6. The fraction of sp³-hybridized carbons (Fsp3) is 0.706. The van der Waals surface area contributed by atoms with Gasteiger partial charge in [-0.05, 0) is 31.4 Å². The molecule has 0 saturated heterocycles. The average molecular weight is 309 g/mol. The molecule has 1 heterocycles. The fourth-order valence-corrected chi connectivity index (χ4v) is 2.25. The van der Waals surface area contributed by atoms with E-state index >= 15 is 0 Å². The van der Waals surface area contributed by atoms with Crippen LogP contribution in [0.5, 0.6) is 0 Å². The van der Waals surface area contributed by atoms with Crippen molar-refractivity contribution in [1.29, 1.82) is 0 Å². The summed E-state index contributed by atoms with van der Waals surface area (Å²) in [7, 11) is 0. The van der Waals surface area contributed by atoms with Gasteiger partial charge < -0.3 is 20.2 Å². The number of aliphatic imine (C=N–C) groups is 1. The van der Waals surface area contributed by atoms with E-state index in [1.54, 1.807) is 18.4 Å². The highest BCUT2D eigenvalue weighted by Gasteiger charge is 2.11. The highest BCUT2D eigenvalue weighted by atomic mass is 16.4. The molecule has 2 atom stereocenters. The number of furan rings is 1. The van der Waals surface area contributed by atoms with Gasteiger partial charge in [0, 0.05) is 13.1 Å². The van der Waals surface area contributed by atoms with Gasteiger partial charge in [0.25, 0.3) is 0 Å². The minimum absolute atomic E-state index is 0.380. The maximum atomic E-state index is 10.0. The van der Waals surface area contributed by atoms with E-state index < -0.39 is 6.10 Å². The monoisotopic (exact) mass is 309 g/mol. The van der Waals surface area contributed by atoms with Crippen LogP contribution in [0, 0.1) is 5.92 Å². The summed E-state index contributed by atoms with van der Waals surface area (Å²) in [5, 5.41) is 16.4. The summed E-state index contributed by atoms with van der Waals surface area (Å²) >= 11 is 0. The van der Waals surface area contributed by atoms with Crippen molar-refractivity contribution in [1.82, 2.24) is 10.6 Å². The van der Waals surface area contributed by atoms with Crippen molar-refractivity contribution in [2.45, 2.75) is 52.6 Å². The lowest BCUT2D eigenvalue weighted by molar-refractivity contribution is 0.153. The minimum atomic E-state index is -0.666. The van der Waals surface area contributed by atoms with Gasteiger partial charge in [0.1, 0.15) is 11.9 Å². The van der Waals surface area contributed by atoms with E-state index in [0.717, 1.165) is 25.5 Å². The van der Waals surface area contributed by atoms with Crippen molar-refractivity contribution in [3.63, 3.8) is 0 Å². The number of guanidine groups is 1. The Kier molecular flexibility index (Phi) is 9.39. The van der Waals surface area contributed by atoms with Gasteiger partial charge in [0.2, 0.25) is 0 Å². The molecule has 2 unspecified atom stereocenters. The number of unbranched alkanes of at least 4 members (excludes halogenated alkanes) is 1. The molecule has 0 bridgehead atoms. The van der Waals surface area contributed by atoms with Crippen molar-refractivity contribution < 1.29 is 9.52 Å². The van der Waals surface area contributed by atoms with Gasteiger partial charge in [0.05, 0.1) is 12.8 Å². The predicted molar refractivity (Wildman–Crippen MR) is 91.0 cm³/mol. The van der Waals surface area contributed by atoms with Crippen molar-refractivity contribution in [2.75, 3.05) is 19.6 Å². The second-order valence-corrected chi connectivity index (χ2v) is 5.55. The lowest BCUT2D eigenvalue weighted by Crippen LogP contribution is -2.39. The Hall–Kier alpha value is -1.49. The largest absolute Gasteiger partial charge is 0.467 e. The molecular weight excluding hydrogens is 278 g/mol. The first-order valence-corrected chi connectivity index (χ1v) is 8.44. The molecule has 0 aliphatic heterocycles. The summed E-state index contributed by atoms with van der Waals surface area (Å²) in [5.74, 6) is 1.95. The van der Waals surface area contributed by atoms with Crippen LogP contribution < -0.4 is 10.6 Å². The third-order valence-electron chi connectivity index (χ3n) is 3.73. The molecule has 0 aromatic carbocycles. The van der Waals surface area contributed by atoms with Crippen LogP contribution in [-0.2, 0) is 0 Å². The maximum absolute atomic E-state index is 10.0. The van der Waals surface area contributed by atoms with Crippen molar-refractivity contribution in [3.8, 4) is 0 Å². The van der Waals surface area contributed by atoms with E-state index in [0.29, 0.717) is 18.2 Å². The van der Waals surface area contributed by atoms with Crippen LogP contribution in [0.4, 0.5) is 0 Å². The second kappa shape index (κ2) is 11.1. The maximum Gasteiger partial charge on any atom is 0.191 e. The van der Waals surface area contributed by atoms with Gasteiger partial charge in [0.15, 0.2) is 5.96 Å². The summed E-state index contributed by atoms with van der Waals surface area (Å²) in [4.78, 5) is 4.64. The summed E-state index contributed by atoms with van der Waals surface area (Å²) in [6.45, 7) is 8.48. The molecule has 0 fully saturated rings. The van der Waals surface area contributed by atoms with E-state index in [2.05, 4.69) is 29.5 Å². The number of nitrogens with one attached hydrogen (secondary N) is 2. The van der Waals surface area contributed by atoms with Crippen molar-refractivity contribution in [2.24, 2.45) is 10.9 Å². The van der Waals surface area contributed by atoms with Gasteiger partial charge >= 0.3 is 0 Å². The third-order valence-corrected chi connectivity index (χ3v) is 3.73. The van der Waals surface area contributed by atoms with Crippen LogP contribution >= 0.6 is 0 Å². The molecule has 0 radical (unpaired) electrons. The first-order chi connectivity index (χ1) is 10.7. The van der Waals surface area contributed by atoms with Crippen molar-refractivity contribution >= 4 is 5.96 Å². The molecule has 1 aromatic rings. The van der Waals surface area contributed by atoms with Gasteiger partial charge in [-0.15, -0.1) is 0 Å². The average Bonchev–Trinajstić information content (AvgIpc) is 3.06. The molecule has 3 N–H and O–H groups in total. The Morgan fingerprint density at radius 3 is 2.73 bits per heavy atom. The molecular formula is C17H31N3O2. The lowest BCUT2D eigenvalue weighted by atomic mass is 10.00. The van der Waals surface area contributed by atoms with E-state index in [4.69, 9.17) is 4.42 Å². The van der Waals surface area contributed by atoms with Gasteiger partial charge in [-0.2, -0.15) is 0 Å². The number of aliphatic hydroxyl groups excluding tert-OH is 1. The molecule has 1 aromatic heterocycles. The van der Waals surface area contributed by atoms with Crippen LogP contribution in [0.1, 0.15) is 58.3 Å². The lowest BCUT2D eigenvalue weighted by Gasteiger charge is -2.16. The smallest absolute Gasteiger partial charge is 0.191 e. The molecule has 0 saturated carbocycles. The Bertz CT molecular complexity index is 404. The van der Waals surface area contributed by atoms with E-state index in [-0.39, 0.29) is 0 Å². The molecule has 0 aliphatic rings. The van der Waals surface area contributed by atoms with Crippen molar-refractivity contribution in [3.05, 3.63) is 24.2 Å². The number of hydrogen-bond acceptors (Lipinski definition) is 3. The summed E-state index contributed by atoms with van der Waals surface area (Å²) in [6, 6.07) is 3.55. The highest BCUT2D eigenvalue weighted by molar-refractivity contribution is 5.79. The quantitative estimate of drug-likeness (QED) is 0.459. The zero-order valence-corrected chi connectivity index (χ0v) is 14.1. The molecule has 5 nitrogen and oxygen atoms in total. The second-order valence-electron chi connectivity index (χ2n) is 5.55. The number of rotatable bonds is 10. The summed E-state index contributed by atoms with van der Waals surface area (Å²) in [5.41, 5.74) is 0. The van der Waals surface area contributed by atoms with Gasteiger partial charge in [-0.3, -0.25) is 4.99 Å². The number of aliphatic hydroxyl groups is 1. The molecule has 1 rings (SSSR count). The van der Waals surface area contributed by atoms with Crippen LogP contribution in [0.15, 0.2) is 27.8 Å². The van der Waals surface area contributed by atoms with E-state index in [9.17, 15) is 5.11 Å². The zero-order valence-electron chi connectivity index (χ0n) is 14.1. The fourth-order valence-electron chi connectivity index (χ4n) is 2.25. The molecule has 0 aliphatic carbocycles. The number of nitrogens with zero attached hydrogens (tertiary/aromatic N) is 1. The van der Waals surface area contributed by atoms with Crippen LogP contribution in [0.25, 0.3) is 0 Å². The highest BCUT2D eigenvalue weighted by Crippen LogP contribution is 2.13. The Morgan fingerprint density at radius 1 is 1.32 bits per heavy atom. The molecule has 5 heteroatoms. The molecule has 22 heavy (non-hydrogen) atoms. The van der Waals surface area contributed by atoms with Crippen LogP contribution in [0.3, 0.4) is 0 Å². The van der Waals surface area contributed by atoms with Gasteiger partial charge in [-0.1, -0.05) is 33.1 Å². The van der Waals surface area contributed by atoms with E-state index in [1.807, 2.05) is 6.92 Å². The predicted octanol–water partition coefficient (Wildman–Crippen LogP) is 3.08. The van der Waals surface area contributed by atoms with Gasteiger partial charge in [-0.25, -0.2) is 0 Å². The Labute approximate surface area is 134 Å². The first-order valence-electron chi connectivity index (χ1n) is 8.44.